The van der Waals surface area contributed by atoms with Gasteiger partial charge in [-0.25, -0.2) is 0 Å². The predicted molar refractivity (Wildman–Crippen MR) is 88.6 cm³/mol. The molecule has 0 spiro atoms. The van der Waals surface area contributed by atoms with Crippen LogP contribution in [0.3, 0.4) is 0 Å². The van der Waals surface area contributed by atoms with E-state index < -0.39 is 0 Å². The standard InChI is InChI=1S/C16H25NO3.ClH/c1-5-9-20-14-8-7-13(10-15(14)19-6-2)11-17-16(3,4)12-18;/h5,7-8,10,17-18H,1,6,9,11-12H2,2-4H3;1H. The number of benzene rings is 1. The first-order valence-corrected chi connectivity index (χ1v) is 6.87. The molecule has 21 heavy (non-hydrogen) atoms. The summed E-state index contributed by atoms with van der Waals surface area (Å²) in [6.45, 7) is 11.3. The van der Waals surface area contributed by atoms with Crippen LogP contribution in [0.25, 0.3) is 0 Å². The topological polar surface area (TPSA) is 50.7 Å². The number of halogens is 1. The highest BCUT2D eigenvalue weighted by atomic mass is 35.5. The maximum Gasteiger partial charge on any atom is 0.161 e. The zero-order valence-corrected chi connectivity index (χ0v) is 13.8. The zero-order chi connectivity index (χ0) is 15.0. The molecule has 2 N–H and O–H groups in total. The summed E-state index contributed by atoms with van der Waals surface area (Å²) in [4.78, 5) is 0. The Hall–Kier alpha value is -1.23. The van der Waals surface area contributed by atoms with Crippen molar-refractivity contribution in [2.24, 2.45) is 0 Å². The molecular formula is C16H26ClNO3. The lowest BCUT2D eigenvalue weighted by Gasteiger charge is -2.23. The largest absolute Gasteiger partial charge is 0.490 e. The molecule has 4 nitrogen and oxygen atoms in total. The number of rotatable bonds is 9. The summed E-state index contributed by atoms with van der Waals surface area (Å²) in [6, 6.07) is 5.85. The lowest BCUT2D eigenvalue weighted by atomic mass is 10.1. The highest BCUT2D eigenvalue weighted by Gasteiger charge is 2.15. The van der Waals surface area contributed by atoms with Gasteiger partial charge in [-0.3, -0.25) is 0 Å². The minimum Gasteiger partial charge on any atom is -0.490 e. The second-order valence-corrected chi connectivity index (χ2v) is 5.21. The SMILES string of the molecule is C=CCOc1ccc(CNC(C)(C)CO)cc1OCC.Cl. The van der Waals surface area contributed by atoms with Crippen molar-refractivity contribution in [1.29, 1.82) is 0 Å². The third kappa shape index (κ3) is 6.85. The fourth-order valence-corrected chi connectivity index (χ4v) is 1.60. The molecule has 1 aromatic rings. The van der Waals surface area contributed by atoms with E-state index in [1.165, 1.54) is 0 Å². The molecule has 0 atom stereocenters. The molecule has 5 heteroatoms. The number of hydrogen-bond acceptors (Lipinski definition) is 4. The van der Waals surface area contributed by atoms with Crippen molar-refractivity contribution in [2.45, 2.75) is 32.9 Å². The Morgan fingerprint density at radius 3 is 2.57 bits per heavy atom. The van der Waals surface area contributed by atoms with Gasteiger partial charge in [-0.1, -0.05) is 18.7 Å². The van der Waals surface area contributed by atoms with Crippen LogP contribution in [0.2, 0.25) is 0 Å². The van der Waals surface area contributed by atoms with Gasteiger partial charge in [-0.15, -0.1) is 12.4 Å². The first-order valence-electron chi connectivity index (χ1n) is 6.87. The first-order chi connectivity index (χ1) is 9.52. The van der Waals surface area contributed by atoms with E-state index in [4.69, 9.17) is 9.47 Å². The highest BCUT2D eigenvalue weighted by molar-refractivity contribution is 5.85. The molecule has 0 aromatic heterocycles. The average molecular weight is 316 g/mol. The van der Waals surface area contributed by atoms with E-state index in [0.717, 1.165) is 17.1 Å². The number of hydrogen-bond donors (Lipinski definition) is 2. The van der Waals surface area contributed by atoms with Crippen LogP contribution < -0.4 is 14.8 Å². The lowest BCUT2D eigenvalue weighted by Crippen LogP contribution is -2.42. The molecule has 0 aliphatic heterocycles. The maximum absolute atomic E-state index is 9.24. The molecule has 120 valence electrons. The second-order valence-electron chi connectivity index (χ2n) is 5.21. The van der Waals surface area contributed by atoms with E-state index in [1.54, 1.807) is 6.08 Å². The Labute approximate surface area is 133 Å². The molecule has 1 aromatic carbocycles. The quantitative estimate of drug-likeness (QED) is 0.688. The fourth-order valence-electron chi connectivity index (χ4n) is 1.60. The normalized spacial score (nSPS) is 10.7. The summed E-state index contributed by atoms with van der Waals surface area (Å²) >= 11 is 0. The number of aliphatic hydroxyl groups is 1. The van der Waals surface area contributed by atoms with Gasteiger partial charge >= 0.3 is 0 Å². The van der Waals surface area contributed by atoms with Crippen molar-refractivity contribution in [2.75, 3.05) is 19.8 Å². The van der Waals surface area contributed by atoms with Gasteiger partial charge in [0.15, 0.2) is 11.5 Å². The summed E-state index contributed by atoms with van der Waals surface area (Å²) in [6.07, 6.45) is 1.70. The summed E-state index contributed by atoms with van der Waals surface area (Å²) < 4.78 is 11.2. The van der Waals surface area contributed by atoms with Crippen molar-refractivity contribution < 1.29 is 14.6 Å². The van der Waals surface area contributed by atoms with E-state index in [0.29, 0.717) is 19.8 Å². The van der Waals surface area contributed by atoms with E-state index >= 15 is 0 Å². The van der Waals surface area contributed by atoms with Gasteiger partial charge < -0.3 is 19.9 Å². The molecule has 0 radical (unpaired) electrons. The van der Waals surface area contributed by atoms with Gasteiger partial charge in [0.2, 0.25) is 0 Å². The first kappa shape index (κ1) is 19.8. The summed E-state index contributed by atoms with van der Waals surface area (Å²) in [5.41, 5.74) is 0.782. The van der Waals surface area contributed by atoms with Crippen molar-refractivity contribution in [3.8, 4) is 11.5 Å². The van der Waals surface area contributed by atoms with E-state index in [9.17, 15) is 5.11 Å². The number of ether oxygens (including phenoxy) is 2. The van der Waals surface area contributed by atoms with Crippen LogP contribution in [0.1, 0.15) is 26.3 Å². The van der Waals surface area contributed by atoms with Crippen LogP contribution >= 0.6 is 12.4 Å². The Balaban J connectivity index is 0.00000400. The van der Waals surface area contributed by atoms with Gasteiger partial charge in [0.25, 0.3) is 0 Å². The Bertz CT molecular complexity index is 436. The summed E-state index contributed by atoms with van der Waals surface area (Å²) in [5, 5.41) is 12.5. The molecular weight excluding hydrogens is 290 g/mol. The number of nitrogens with one attached hydrogen (secondary N) is 1. The van der Waals surface area contributed by atoms with Crippen LogP contribution in [-0.4, -0.2) is 30.5 Å². The van der Waals surface area contributed by atoms with Crippen LogP contribution in [-0.2, 0) is 6.54 Å². The van der Waals surface area contributed by atoms with E-state index in [2.05, 4.69) is 11.9 Å². The Morgan fingerprint density at radius 1 is 1.29 bits per heavy atom. The Kier molecular flexibility index (Phi) is 9.09. The second kappa shape index (κ2) is 9.66. The van der Waals surface area contributed by atoms with Gasteiger partial charge in [-0.05, 0) is 38.5 Å². The van der Waals surface area contributed by atoms with Gasteiger partial charge in [0.1, 0.15) is 6.61 Å². The molecule has 0 bridgehead atoms. The van der Waals surface area contributed by atoms with Gasteiger partial charge in [-0.2, -0.15) is 0 Å². The van der Waals surface area contributed by atoms with Crippen molar-refractivity contribution >= 4 is 12.4 Å². The molecule has 0 saturated carbocycles. The van der Waals surface area contributed by atoms with E-state index in [-0.39, 0.29) is 24.6 Å². The summed E-state index contributed by atoms with van der Waals surface area (Å²) in [5.74, 6) is 1.45. The lowest BCUT2D eigenvalue weighted by molar-refractivity contribution is 0.187. The van der Waals surface area contributed by atoms with Crippen LogP contribution in [0.4, 0.5) is 0 Å². The van der Waals surface area contributed by atoms with Crippen LogP contribution in [0, 0.1) is 0 Å². The summed E-state index contributed by atoms with van der Waals surface area (Å²) in [7, 11) is 0. The van der Waals surface area contributed by atoms with E-state index in [1.807, 2.05) is 39.0 Å². The van der Waals surface area contributed by atoms with Crippen LogP contribution in [0.5, 0.6) is 11.5 Å². The van der Waals surface area contributed by atoms with Gasteiger partial charge in [0.05, 0.1) is 13.2 Å². The molecule has 0 aliphatic rings. The molecule has 0 fully saturated rings. The smallest absolute Gasteiger partial charge is 0.161 e. The monoisotopic (exact) mass is 315 g/mol. The molecule has 0 heterocycles. The van der Waals surface area contributed by atoms with Crippen molar-refractivity contribution in [3.05, 3.63) is 36.4 Å². The fraction of sp³-hybridized carbons (Fsp3) is 0.500. The number of aliphatic hydroxyl groups excluding tert-OH is 1. The molecule has 0 aliphatic carbocycles. The predicted octanol–water partition coefficient (Wildman–Crippen LogP) is 2.93. The minimum atomic E-state index is -0.302. The third-order valence-corrected chi connectivity index (χ3v) is 2.83. The maximum atomic E-state index is 9.24. The highest BCUT2D eigenvalue weighted by Crippen LogP contribution is 2.28. The van der Waals surface area contributed by atoms with Gasteiger partial charge in [0, 0.05) is 12.1 Å². The van der Waals surface area contributed by atoms with Crippen molar-refractivity contribution in [3.63, 3.8) is 0 Å². The minimum absolute atomic E-state index is 0. The Morgan fingerprint density at radius 2 is 2.00 bits per heavy atom. The molecule has 1 rings (SSSR count). The molecule has 0 amide bonds. The zero-order valence-electron chi connectivity index (χ0n) is 13.0. The molecule has 0 unspecified atom stereocenters. The molecule has 0 saturated heterocycles. The van der Waals surface area contributed by atoms with Crippen LogP contribution in [0.15, 0.2) is 30.9 Å². The average Bonchev–Trinajstić information content (AvgIpc) is 2.44. The third-order valence-electron chi connectivity index (χ3n) is 2.83. The van der Waals surface area contributed by atoms with Crippen molar-refractivity contribution in [1.82, 2.24) is 5.32 Å².